The average molecular weight is 905 g/mol. The molecule has 7 rings (SSSR count). The fourth-order valence-electron chi connectivity index (χ4n) is 5.46. The molecule has 1 unspecified atom stereocenters. The van der Waals surface area contributed by atoms with Gasteiger partial charge in [-0.2, -0.15) is 31.8 Å². The fourth-order valence-corrected chi connectivity index (χ4v) is 8.69. The third-order valence-electron chi connectivity index (χ3n) is 7.88. The highest BCUT2D eigenvalue weighted by molar-refractivity contribution is 7.90. The molecule has 3 heterocycles. The van der Waals surface area contributed by atoms with Crippen molar-refractivity contribution in [2.75, 3.05) is 28.8 Å². The van der Waals surface area contributed by atoms with Crippen LogP contribution in [-0.4, -0.2) is 73.1 Å². The van der Waals surface area contributed by atoms with E-state index in [1.807, 2.05) is 0 Å². The first-order valence-corrected chi connectivity index (χ1v) is 21.7. The molecular weight excluding hydrogens is 882 g/mol. The van der Waals surface area contributed by atoms with Gasteiger partial charge in [-0.15, -0.1) is 0 Å². The normalized spacial score (nSPS) is 13.8. The van der Waals surface area contributed by atoms with Crippen molar-refractivity contribution in [3.63, 3.8) is 0 Å². The van der Waals surface area contributed by atoms with Crippen LogP contribution in [0.25, 0.3) is 22.6 Å². The maximum absolute atomic E-state index is 12.8. The van der Waals surface area contributed by atoms with E-state index in [0.717, 1.165) is 6.26 Å². The van der Waals surface area contributed by atoms with Gasteiger partial charge in [-0.3, -0.25) is 14.1 Å². The highest BCUT2D eigenvalue weighted by Crippen LogP contribution is 2.55. The second-order valence-corrected chi connectivity index (χ2v) is 18.2. The molecule has 0 amide bonds. The molecule has 1 aliphatic carbocycles. The van der Waals surface area contributed by atoms with Gasteiger partial charge in [0.15, 0.2) is 42.5 Å². The number of halogens is 4. The summed E-state index contributed by atoms with van der Waals surface area (Å²) in [6.45, 7) is 1.57. The van der Waals surface area contributed by atoms with Crippen LogP contribution in [0.5, 0.6) is 11.5 Å². The monoisotopic (exact) mass is 902 g/mol. The summed E-state index contributed by atoms with van der Waals surface area (Å²) < 4.78 is 105. The Morgan fingerprint density at radius 1 is 0.821 bits per heavy atom. The molecule has 4 aromatic rings. The minimum absolute atomic E-state index is 0.0227. The lowest BCUT2D eigenvalue weighted by atomic mass is 10.1. The van der Waals surface area contributed by atoms with Crippen LogP contribution in [0.3, 0.4) is 0 Å². The van der Waals surface area contributed by atoms with Crippen LogP contribution in [0.1, 0.15) is 6.92 Å². The van der Waals surface area contributed by atoms with Gasteiger partial charge in [0, 0.05) is 18.0 Å². The SMILES string of the molecule is CC(CN=c1ccc2nc3c(Cl)c4c(c(Cl)c3oc-2c1S(=O)(=O)O)Nc1ccc(Cl)c(S(=O)(=O)O)c1O4)Nc1nc(Cl)nc(Nc2ccc(S(C)(=O)=O)cc2)n1. The number of nitrogens with one attached hydrogen (secondary N) is 3. The topological polar surface area (TPSA) is 265 Å². The third-order valence-corrected chi connectivity index (χ3v) is 12.1. The summed E-state index contributed by atoms with van der Waals surface area (Å²) in [6, 6.07) is 10.5. The number of anilines is 5. The molecular formula is C31H22Cl4N8O10S3. The van der Waals surface area contributed by atoms with Gasteiger partial charge in [0.1, 0.15) is 26.9 Å². The van der Waals surface area contributed by atoms with E-state index in [0.29, 0.717) is 5.69 Å². The quantitative estimate of drug-likeness (QED) is 0.0752. The van der Waals surface area contributed by atoms with Gasteiger partial charge in [-0.25, -0.2) is 13.4 Å². The van der Waals surface area contributed by atoms with Crippen LogP contribution >= 0.6 is 46.4 Å². The molecule has 292 valence electrons. The summed E-state index contributed by atoms with van der Waals surface area (Å²) in [4.78, 5) is 19.8. The second-order valence-electron chi connectivity index (χ2n) is 12.0. The maximum atomic E-state index is 12.8. The Morgan fingerprint density at radius 2 is 1.50 bits per heavy atom. The number of nitrogens with zero attached hydrogens (tertiary/aromatic N) is 5. The van der Waals surface area contributed by atoms with Crippen molar-refractivity contribution < 1.29 is 43.5 Å². The molecule has 25 heteroatoms. The zero-order chi connectivity index (χ0) is 40.5. The van der Waals surface area contributed by atoms with E-state index < -0.39 is 51.7 Å². The van der Waals surface area contributed by atoms with E-state index in [1.54, 1.807) is 6.92 Å². The van der Waals surface area contributed by atoms with Gasteiger partial charge in [-0.05, 0) is 67.1 Å². The van der Waals surface area contributed by atoms with E-state index in [4.69, 9.17) is 55.6 Å². The summed E-state index contributed by atoms with van der Waals surface area (Å²) >= 11 is 25.5. The molecule has 1 aromatic heterocycles. The number of aromatic nitrogens is 4. The maximum Gasteiger partial charge on any atom is 0.300 e. The summed E-state index contributed by atoms with van der Waals surface area (Å²) in [5, 5.41) is 7.56. The minimum atomic E-state index is -5.04. The molecule has 0 saturated heterocycles. The number of ether oxygens (including phenoxy) is 1. The standard InChI is InChI=1S/C31H22Cl4N8O10S3/c1-12(37-30-41-29(35)42-31(43-30)38-13-3-5-14(6-4-13)54(2,44)45)11-36-18-10-9-17-24(28(18)56(49,50)51)53-26-20(34)21-25(19(33)22(26)40-17)52-23-16(39-21)8-7-15(32)27(23)55(46,47)48/h3-10,12,39H,11H2,1-2H3,(H,46,47,48)(H,49,50,51)(H2,37,38,41,42,43). The Hall–Kier alpha value is -4.58. The van der Waals surface area contributed by atoms with Crippen molar-refractivity contribution >= 4 is 117 Å². The van der Waals surface area contributed by atoms with Gasteiger partial charge < -0.3 is 25.1 Å². The molecule has 5 N–H and O–H groups in total. The van der Waals surface area contributed by atoms with Gasteiger partial charge in [0.25, 0.3) is 10.1 Å². The van der Waals surface area contributed by atoms with Crippen molar-refractivity contribution in [2.45, 2.75) is 27.7 Å². The van der Waals surface area contributed by atoms with E-state index in [-0.39, 0.29) is 88.7 Å². The number of hydrogen-bond donors (Lipinski definition) is 5. The second kappa shape index (κ2) is 14.4. The highest BCUT2D eigenvalue weighted by atomic mass is 35.5. The van der Waals surface area contributed by atoms with Crippen LogP contribution in [-0.2, 0) is 30.1 Å². The highest BCUT2D eigenvalue weighted by Gasteiger charge is 2.34. The average Bonchev–Trinajstić information content (AvgIpc) is 3.10. The largest absolute Gasteiger partial charge is 0.450 e. The number of rotatable bonds is 9. The summed E-state index contributed by atoms with van der Waals surface area (Å²) in [6.07, 6.45) is 1.09. The molecule has 0 spiro atoms. The van der Waals surface area contributed by atoms with Crippen molar-refractivity contribution in [3.05, 3.63) is 74.2 Å². The van der Waals surface area contributed by atoms with Crippen molar-refractivity contribution in [1.82, 2.24) is 19.9 Å². The van der Waals surface area contributed by atoms with Crippen LogP contribution in [0.4, 0.5) is 29.0 Å². The van der Waals surface area contributed by atoms with E-state index in [2.05, 4.69) is 40.9 Å². The number of sulfone groups is 1. The molecule has 56 heavy (non-hydrogen) atoms. The summed E-state index contributed by atoms with van der Waals surface area (Å²) in [5.41, 5.74) is -0.0236. The first kappa shape index (κ1) is 39.6. The van der Waals surface area contributed by atoms with Gasteiger partial charge in [-0.1, -0.05) is 34.8 Å². The third kappa shape index (κ3) is 7.73. The predicted octanol–water partition coefficient (Wildman–Crippen LogP) is 6.62. The molecule has 0 radical (unpaired) electrons. The molecule has 3 aromatic carbocycles. The van der Waals surface area contributed by atoms with Crippen LogP contribution in [0, 0.1) is 0 Å². The van der Waals surface area contributed by atoms with Gasteiger partial charge in [0.2, 0.25) is 17.2 Å². The van der Waals surface area contributed by atoms with Crippen molar-refractivity contribution in [1.29, 1.82) is 0 Å². The molecule has 0 bridgehead atoms. The zero-order valence-electron chi connectivity index (χ0n) is 28.0. The Kier molecular flexibility index (Phi) is 10.2. The van der Waals surface area contributed by atoms with Crippen molar-refractivity contribution in [2.24, 2.45) is 4.99 Å². The number of benzene rings is 4. The Labute approximate surface area is 336 Å². The Bertz CT molecular complexity index is 3010. The first-order valence-electron chi connectivity index (χ1n) is 15.5. The van der Waals surface area contributed by atoms with Crippen molar-refractivity contribution in [3.8, 4) is 23.0 Å². The number of hydrogen-bond acceptors (Lipinski definition) is 16. The minimum Gasteiger partial charge on any atom is -0.450 e. The molecule has 18 nitrogen and oxygen atoms in total. The van der Waals surface area contributed by atoms with Crippen LogP contribution in [0.2, 0.25) is 20.4 Å². The lowest BCUT2D eigenvalue weighted by Crippen LogP contribution is -2.24. The van der Waals surface area contributed by atoms with Gasteiger partial charge >= 0.3 is 10.1 Å². The molecule has 0 saturated carbocycles. The van der Waals surface area contributed by atoms with Crippen LogP contribution in [0.15, 0.2) is 72.6 Å². The van der Waals surface area contributed by atoms with E-state index in [1.165, 1.54) is 48.5 Å². The fraction of sp³-hybridized carbons (Fsp3) is 0.129. The smallest absolute Gasteiger partial charge is 0.300 e. The predicted molar refractivity (Wildman–Crippen MR) is 206 cm³/mol. The number of fused-ring (bicyclic) bond motifs is 4. The Balaban J connectivity index is 1.22. The van der Waals surface area contributed by atoms with Gasteiger partial charge in [0.05, 0.1) is 27.5 Å². The summed E-state index contributed by atoms with van der Waals surface area (Å²) in [5.74, 6) is -0.955. The molecule has 1 atom stereocenters. The van der Waals surface area contributed by atoms with E-state index in [9.17, 15) is 34.4 Å². The molecule has 2 aliphatic heterocycles. The lowest BCUT2D eigenvalue weighted by molar-refractivity contribution is 0.449. The Morgan fingerprint density at radius 3 is 2.16 bits per heavy atom. The van der Waals surface area contributed by atoms with Crippen LogP contribution < -0.4 is 26.0 Å². The lowest BCUT2D eigenvalue weighted by Gasteiger charge is -2.26. The first-order chi connectivity index (χ1) is 26.2. The van der Waals surface area contributed by atoms with E-state index >= 15 is 0 Å². The molecule has 3 aliphatic rings. The zero-order valence-corrected chi connectivity index (χ0v) is 33.5. The summed E-state index contributed by atoms with van der Waals surface area (Å²) in [7, 11) is -13.3. The molecule has 0 fully saturated rings.